The third-order valence-corrected chi connectivity index (χ3v) is 13.1. The van der Waals surface area contributed by atoms with Gasteiger partial charge in [-0.25, -0.2) is 35.4 Å². The highest BCUT2D eigenvalue weighted by molar-refractivity contribution is 7.89. The molecule has 2 fully saturated rings. The fourth-order valence-corrected chi connectivity index (χ4v) is 8.88. The van der Waals surface area contributed by atoms with E-state index in [1.165, 1.54) is 11.3 Å². The van der Waals surface area contributed by atoms with Gasteiger partial charge in [0.25, 0.3) is 0 Å². The first-order chi connectivity index (χ1) is 24.2. The largest absolute Gasteiger partial charge is 0.361 e. The number of benzene rings is 2. The molecule has 17 heteroatoms. The number of halogens is 5. The fourth-order valence-electron chi connectivity index (χ4n) is 6.38. The smallest absolute Gasteiger partial charge is 0.249 e. The summed E-state index contributed by atoms with van der Waals surface area (Å²) in [6.07, 6.45) is 10.1. The zero-order valence-corrected chi connectivity index (χ0v) is 30.3. The van der Waals surface area contributed by atoms with Crippen LogP contribution in [0.4, 0.5) is 27.6 Å². The number of carbonyl (C=O) groups is 1. The number of sulfonamides is 1. The summed E-state index contributed by atoms with van der Waals surface area (Å²) in [6.45, 7) is 7.09. The molecule has 0 spiro atoms. The summed E-state index contributed by atoms with van der Waals surface area (Å²) in [5, 5.41) is 0. The fraction of sp³-hybridized carbons (Fsp3) is 0.471. The average Bonchev–Trinajstić information content (AvgIpc) is 3.48. The lowest BCUT2D eigenvalue weighted by Crippen LogP contribution is -2.59. The molecule has 3 heterocycles. The lowest BCUT2D eigenvalue weighted by molar-refractivity contribution is -0.125. The minimum Gasteiger partial charge on any atom is -0.361 e. The summed E-state index contributed by atoms with van der Waals surface area (Å²) < 4.78 is 106. The molecule has 2 aromatic carbocycles. The summed E-state index contributed by atoms with van der Waals surface area (Å²) in [5.74, 6) is -12.8. The molecule has 274 valence electrons. The number of carbonyl (C=O) groups excluding carboxylic acids is 1. The van der Waals surface area contributed by atoms with Crippen molar-refractivity contribution >= 4 is 40.7 Å². The molecule has 51 heavy (non-hydrogen) atoms. The quantitative estimate of drug-likeness (QED) is 0.0511. The van der Waals surface area contributed by atoms with Crippen LogP contribution in [-0.2, 0) is 32.8 Å². The molecule has 2 aromatic heterocycles. The molecule has 1 amide bonds. The highest BCUT2D eigenvalue weighted by Gasteiger charge is 2.48. The minimum absolute atomic E-state index is 0.0676. The monoisotopic (exact) mass is 750 g/mol. The Morgan fingerprint density at radius 3 is 2.22 bits per heavy atom. The number of ether oxygens (including phenoxy) is 1. The van der Waals surface area contributed by atoms with Gasteiger partial charge in [0, 0.05) is 39.0 Å². The second kappa shape index (κ2) is 14.7. The predicted molar refractivity (Wildman–Crippen MR) is 181 cm³/mol. The molecule has 10 nitrogen and oxygen atoms in total. The van der Waals surface area contributed by atoms with Gasteiger partial charge >= 0.3 is 0 Å². The van der Waals surface area contributed by atoms with Crippen LogP contribution in [0.15, 0.2) is 41.8 Å². The third kappa shape index (κ3) is 7.57. The summed E-state index contributed by atoms with van der Waals surface area (Å²) in [7, 11) is -6.63. The van der Waals surface area contributed by atoms with Crippen LogP contribution < -0.4 is 4.90 Å². The maximum atomic E-state index is 14.7. The molecule has 1 aliphatic carbocycles. The van der Waals surface area contributed by atoms with E-state index in [1.807, 2.05) is 4.57 Å². The van der Waals surface area contributed by atoms with Gasteiger partial charge in [-0.2, -0.15) is 4.31 Å². The number of hydrogen-bond donors (Lipinski definition) is 0. The van der Waals surface area contributed by atoms with Gasteiger partial charge in [-0.15, -0.1) is 0 Å². The normalized spacial score (nSPS) is 17.5. The van der Waals surface area contributed by atoms with Crippen molar-refractivity contribution in [1.29, 1.82) is 0 Å². The number of aromatic nitrogens is 4. The maximum absolute atomic E-state index is 14.7. The van der Waals surface area contributed by atoms with Crippen LogP contribution in [-0.4, -0.2) is 65.4 Å². The van der Waals surface area contributed by atoms with E-state index < -0.39 is 64.0 Å². The molecule has 1 atom stereocenters. The van der Waals surface area contributed by atoms with E-state index >= 15 is 0 Å². The molecule has 1 aliphatic heterocycles. The Hall–Kier alpha value is -3.80. The Morgan fingerprint density at radius 2 is 1.61 bits per heavy atom. The van der Waals surface area contributed by atoms with E-state index in [9.17, 15) is 35.2 Å². The van der Waals surface area contributed by atoms with E-state index in [0.717, 1.165) is 42.9 Å². The second-order valence-electron chi connectivity index (χ2n) is 14.2. The van der Waals surface area contributed by atoms with Crippen molar-refractivity contribution in [3.8, 4) is 0 Å². The van der Waals surface area contributed by atoms with Gasteiger partial charge in [-0.1, -0.05) is 38.9 Å². The van der Waals surface area contributed by atoms with Gasteiger partial charge in [0.1, 0.15) is 12.8 Å². The summed E-state index contributed by atoms with van der Waals surface area (Å²) >= 11 is 0. The van der Waals surface area contributed by atoms with Crippen LogP contribution in [0.2, 0.25) is 25.7 Å². The summed E-state index contributed by atoms with van der Waals surface area (Å²) in [5.41, 5.74) is 2.77. The maximum Gasteiger partial charge on any atom is 0.249 e. The molecular formula is C34H39F5N6O4SSi. The average molecular weight is 751 g/mol. The molecule has 2 aliphatic rings. The zero-order valence-electron chi connectivity index (χ0n) is 28.5. The lowest BCUT2D eigenvalue weighted by Gasteiger charge is -2.41. The summed E-state index contributed by atoms with van der Waals surface area (Å²) in [4.78, 5) is 27.1. The molecule has 1 saturated carbocycles. The topological polar surface area (TPSA) is 111 Å². The molecule has 0 radical (unpaired) electrons. The van der Waals surface area contributed by atoms with Gasteiger partial charge < -0.3 is 14.2 Å². The number of amides is 1. The van der Waals surface area contributed by atoms with E-state index in [0.29, 0.717) is 27.8 Å². The Bertz CT molecular complexity index is 2010. The van der Waals surface area contributed by atoms with Crippen molar-refractivity contribution in [2.24, 2.45) is 0 Å². The number of nitrogens with zero attached hydrogens (tertiary/aromatic N) is 6. The van der Waals surface area contributed by atoms with Gasteiger partial charge in [-0.05, 0) is 43.5 Å². The molecule has 0 unspecified atom stereocenters. The van der Waals surface area contributed by atoms with Crippen LogP contribution in [0.3, 0.4) is 0 Å². The van der Waals surface area contributed by atoms with Gasteiger partial charge in [-0.3, -0.25) is 14.8 Å². The Labute approximate surface area is 293 Å². The van der Waals surface area contributed by atoms with Crippen LogP contribution in [0.25, 0.3) is 11.0 Å². The Balaban J connectivity index is 1.30. The van der Waals surface area contributed by atoms with Crippen molar-refractivity contribution in [2.45, 2.75) is 94.3 Å². The molecule has 0 bridgehead atoms. The molecule has 4 aromatic rings. The first-order valence-electron chi connectivity index (χ1n) is 16.9. The Kier molecular flexibility index (Phi) is 10.6. The SMILES string of the molecule is C[Si](C)(C)CCOCn1cnc2cc(N(Cc3cnc(C4CCCCC4)cn3)C(=O)[C@H]3CCN3S(=O)(=O)c3c(F)c(F)c(F)c(F)c3F)ccc21. The van der Waals surface area contributed by atoms with Crippen molar-refractivity contribution in [3.63, 3.8) is 0 Å². The highest BCUT2D eigenvalue weighted by Crippen LogP contribution is 2.36. The predicted octanol–water partition coefficient (Wildman–Crippen LogP) is 6.88. The highest BCUT2D eigenvalue weighted by atomic mass is 32.2. The zero-order chi connectivity index (χ0) is 36.7. The van der Waals surface area contributed by atoms with E-state index in [4.69, 9.17) is 4.74 Å². The molecule has 6 rings (SSSR count). The molecule has 1 saturated heterocycles. The minimum atomic E-state index is -5.34. The van der Waals surface area contributed by atoms with E-state index in [-0.39, 0.29) is 32.2 Å². The Morgan fingerprint density at radius 1 is 0.922 bits per heavy atom. The first kappa shape index (κ1) is 37.0. The van der Waals surface area contributed by atoms with Crippen molar-refractivity contribution in [3.05, 3.63) is 77.4 Å². The number of anilines is 1. The lowest BCUT2D eigenvalue weighted by atomic mass is 9.87. The van der Waals surface area contributed by atoms with E-state index in [2.05, 4.69) is 34.6 Å². The van der Waals surface area contributed by atoms with Crippen LogP contribution in [0.5, 0.6) is 0 Å². The van der Waals surface area contributed by atoms with Crippen LogP contribution in [0, 0.1) is 29.1 Å². The van der Waals surface area contributed by atoms with Gasteiger partial charge in [0.15, 0.2) is 28.2 Å². The van der Waals surface area contributed by atoms with Crippen LogP contribution >= 0.6 is 0 Å². The number of imidazole rings is 1. The van der Waals surface area contributed by atoms with Crippen molar-refractivity contribution in [1.82, 2.24) is 23.8 Å². The number of hydrogen-bond acceptors (Lipinski definition) is 7. The number of fused-ring (bicyclic) bond motifs is 1. The van der Waals surface area contributed by atoms with Gasteiger partial charge in [0.05, 0.1) is 41.5 Å². The molecular weight excluding hydrogens is 712 g/mol. The number of rotatable bonds is 12. The second-order valence-corrected chi connectivity index (χ2v) is 21.7. The van der Waals surface area contributed by atoms with Crippen LogP contribution in [0.1, 0.15) is 55.8 Å². The van der Waals surface area contributed by atoms with Crippen molar-refractivity contribution in [2.75, 3.05) is 18.1 Å². The standard InChI is InChI=1S/C34H39F5N6O4SSi/c1-51(2,3)14-13-49-20-43-19-42-24-15-23(9-10-26(24)43)44(18-22-16-41-25(17-40-22)21-7-5-4-6-8-21)34(46)27-11-12-45(27)50(47,48)33-31(38)29(36)28(35)30(37)32(33)39/h9-10,15-17,19,21,27H,4-8,11-14,18,20H2,1-3H3/t27-/m1/s1. The van der Waals surface area contributed by atoms with Crippen molar-refractivity contribution < 1.29 is 39.9 Å². The first-order valence-corrected chi connectivity index (χ1v) is 22.0. The molecule has 0 N–H and O–H groups in total. The third-order valence-electron chi connectivity index (χ3n) is 9.47. The van der Waals surface area contributed by atoms with E-state index in [1.54, 1.807) is 36.9 Å². The summed E-state index contributed by atoms with van der Waals surface area (Å²) in [6, 6.07) is 4.50. The van der Waals surface area contributed by atoms with Gasteiger partial charge in [0.2, 0.25) is 21.7 Å².